The molecule has 0 bridgehead atoms. The van der Waals surface area contributed by atoms with Crippen molar-refractivity contribution in [3.63, 3.8) is 0 Å². The lowest BCUT2D eigenvalue weighted by molar-refractivity contribution is -0.156. The zero-order valence-corrected chi connectivity index (χ0v) is 12.1. The quantitative estimate of drug-likeness (QED) is 0.902. The predicted molar refractivity (Wildman–Crippen MR) is 70.8 cm³/mol. The highest BCUT2D eigenvalue weighted by molar-refractivity contribution is 5.78. The van der Waals surface area contributed by atoms with Gasteiger partial charge in [-0.15, -0.1) is 0 Å². The van der Waals surface area contributed by atoms with Crippen LogP contribution in [0.25, 0.3) is 0 Å². The molecule has 106 valence electrons. The number of aryl methyl sites for hydroxylation is 2. The molecule has 1 aromatic rings. The molecule has 1 fully saturated rings. The third-order valence-corrected chi connectivity index (χ3v) is 4.04. The molecule has 1 amide bonds. The SMILES string of the molecule is CCC1(O)CN(C(=O)CC(C)c2c(C)noc2C)C1. The number of amides is 1. The summed E-state index contributed by atoms with van der Waals surface area (Å²) in [5, 5.41) is 13.8. The molecule has 2 heterocycles. The molecule has 1 unspecified atom stereocenters. The first-order valence-corrected chi connectivity index (χ1v) is 6.79. The molecule has 19 heavy (non-hydrogen) atoms. The highest BCUT2D eigenvalue weighted by Crippen LogP contribution is 2.29. The van der Waals surface area contributed by atoms with Crippen LogP contribution in [0.5, 0.6) is 0 Å². The number of likely N-dealkylation sites (tertiary alicyclic amines) is 1. The van der Waals surface area contributed by atoms with Gasteiger partial charge in [-0.05, 0) is 26.2 Å². The fourth-order valence-corrected chi connectivity index (χ4v) is 2.75. The van der Waals surface area contributed by atoms with E-state index in [2.05, 4.69) is 5.16 Å². The summed E-state index contributed by atoms with van der Waals surface area (Å²) in [6.07, 6.45) is 1.12. The van der Waals surface area contributed by atoms with E-state index in [1.165, 1.54) is 0 Å². The summed E-state index contributed by atoms with van der Waals surface area (Å²) >= 11 is 0. The zero-order valence-electron chi connectivity index (χ0n) is 12.1. The minimum atomic E-state index is -0.665. The molecule has 0 aromatic carbocycles. The Morgan fingerprint density at radius 3 is 2.63 bits per heavy atom. The van der Waals surface area contributed by atoms with Crippen molar-refractivity contribution < 1.29 is 14.4 Å². The average Bonchev–Trinajstić information content (AvgIpc) is 2.64. The van der Waals surface area contributed by atoms with Gasteiger partial charge in [0.05, 0.1) is 24.4 Å². The summed E-state index contributed by atoms with van der Waals surface area (Å²) in [6.45, 7) is 8.62. The van der Waals surface area contributed by atoms with Crippen LogP contribution in [0.15, 0.2) is 4.52 Å². The molecule has 5 nitrogen and oxygen atoms in total. The molecular formula is C14H22N2O3. The number of hydrogen-bond acceptors (Lipinski definition) is 4. The molecular weight excluding hydrogens is 244 g/mol. The first-order chi connectivity index (χ1) is 8.86. The molecule has 1 aliphatic heterocycles. The van der Waals surface area contributed by atoms with E-state index in [9.17, 15) is 9.90 Å². The van der Waals surface area contributed by atoms with Crippen molar-refractivity contribution in [1.29, 1.82) is 0 Å². The average molecular weight is 266 g/mol. The van der Waals surface area contributed by atoms with E-state index in [0.717, 1.165) is 17.0 Å². The summed E-state index contributed by atoms with van der Waals surface area (Å²) < 4.78 is 5.13. The number of rotatable bonds is 4. The van der Waals surface area contributed by atoms with Gasteiger partial charge in [0.1, 0.15) is 5.76 Å². The van der Waals surface area contributed by atoms with Gasteiger partial charge < -0.3 is 14.5 Å². The molecule has 1 aromatic heterocycles. The van der Waals surface area contributed by atoms with E-state index in [4.69, 9.17) is 4.52 Å². The van der Waals surface area contributed by atoms with E-state index >= 15 is 0 Å². The maximum absolute atomic E-state index is 12.1. The third kappa shape index (κ3) is 2.66. The van der Waals surface area contributed by atoms with E-state index in [1.54, 1.807) is 4.90 Å². The third-order valence-electron chi connectivity index (χ3n) is 4.04. The Labute approximate surface area is 113 Å². The van der Waals surface area contributed by atoms with Crippen LogP contribution in [0, 0.1) is 13.8 Å². The van der Waals surface area contributed by atoms with Gasteiger partial charge in [0.2, 0.25) is 5.91 Å². The maximum Gasteiger partial charge on any atom is 0.223 e. The minimum Gasteiger partial charge on any atom is -0.386 e. The summed E-state index contributed by atoms with van der Waals surface area (Å²) in [5.41, 5.74) is 1.22. The largest absolute Gasteiger partial charge is 0.386 e. The van der Waals surface area contributed by atoms with Crippen molar-refractivity contribution in [3.8, 4) is 0 Å². The smallest absolute Gasteiger partial charge is 0.223 e. The molecule has 1 atom stereocenters. The van der Waals surface area contributed by atoms with E-state index in [1.807, 2.05) is 27.7 Å². The van der Waals surface area contributed by atoms with Gasteiger partial charge in [0.25, 0.3) is 0 Å². The molecule has 0 saturated carbocycles. The van der Waals surface area contributed by atoms with Gasteiger partial charge in [-0.2, -0.15) is 0 Å². The minimum absolute atomic E-state index is 0.0885. The van der Waals surface area contributed by atoms with Crippen LogP contribution in [0.1, 0.15) is 49.6 Å². The van der Waals surface area contributed by atoms with E-state index in [0.29, 0.717) is 25.9 Å². The fraction of sp³-hybridized carbons (Fsp3) is 0.714. The van der Waals surface area contributed by atoms with Gasteiger partial charge in [0.15, 0.2) is 0 Å². The first-order valence-electron chi connectivity index (χ1n) is 6.79. The van der Waals surface area contributed by atoms with Gasteiger partial charge in [-0.25, -0.2) is 0 Å². The summed E-state index contributed by atoms with van der Waals surface area (Å²) in [6, 6.07) is 0. The van der Waals surface area contributed by atoms with Crippen LogP contribution in [-0.2, 0) is 4.79 Å². The fourth-order valence-electron chi connectivity index (χ4n) is 2.75. The van der Waals surface area contributed by atoms with Crippen LogP contribution in [-0.4, -0.2) is 39.8 Å². The van der Waals surface area contributed by atoms with E-state index in [-0.39, 0.29) is 11.8 Å². The van der Waals surface area contributed by atoms with Crippen LogP contribution in [0.3, 0.4) is 0 Å². The van der Waals surface area contributed by atoms with Crippen molar-refractivity contribution in [2.45, 2.75) is 52.1 Å². The van der Waals surface area contributed by atoms with Gasteiger partial charge in [-0.1, -0.05) is 19.0 Å². The highest BCUT2D eigenvalue weighted by Gasteiger charge is 2.42. The second kappa shape index (κ2) is 4.96. The van der Waals surface area contributed by atoms with Gasteiger partial charge in [0, 0.05) is 12.0 Å². The molecule has 1 saturated heterocycles. The Bertz CT molecular complexity index is 456. The van der Waals surface area contributed by atoms with Gasteiger partial charge >= 0.3 is 0 Å². The van der Waals surface area contributed by atoms with Crippen molar-refractivity contribution in [3.05, 3.63) is 17.0 Å². The molecule has 1 aliphatic rings. The lowest BCUT2D eigenvalue weighted by atomic mass is 9.89. The van der Waals surface area contributed by atoms with Crippen molar-refractivity contribution >= 4 is 5.91 Å². The second-order valence-corrected chi connectivity index (χ2v) is 5.67. The summed E-state index contributed by atoms with van der Waals surface area (Å²) in [7, 11) is 0. The molecule has 0 spiro atoms. The van der Waals surface area contributed by atoms with E-state index < -0.39 is 5.60 Å². The zero-order chi connectivity index (χ0) is 14.2. The maximum atomic E-state index is 12.1. The molecule has 1 N–H and O–H groups in total. The predicted octanol–water partition coefficient (Wildman–Crippen LogP) is 1.77. The molecule has 0 radical (unpaired) electrons. The molecule has 2 rings (SSSR count). The standard InChI is InChI=1S/C14H22N2O3/c1-5-14(18)7-16(8-14)12(17)6-9(2)13-10(3)15-19-11(13)4/h9,18H,5-8H2,1-4H3. The number of β-amino-alcohol motifs (C(OH)–C–C–N with tert-alkyl or cyclic N) is 1. The normalized spacial score (nSPS) is 19.1. The second-order valence-electron chi connectivity index (χ2n) is 5.67. The Balaban J connectivity index is 1.94. The van der Waals surface area contributed by atoms with Crippen LogP contribution in [0.4, 0.5) is 0 Å². The Morgan fingerprint density at radius 1 is 1.53 bits per heavy atom. The Kier molecular flexibility index (Phi) is 3.67. The van der Waals surface area contributed by atoms with Crippen LogP contribution >= 0.6 is 0 Å². The summed E-state index contributed by atoms with van der Waals surface area (Å²) in [5.74, 6) is 0.964. The van der Waals surface area contributed by atoms with Crippen molar-refractivity contribution in [2.75, 3.05) is 13.1 Å². The number of aromatic nitrogens is 1. The lowest BCUT2D eigenvalue weighted by Gasteiger charge is -2.46. The van der Waals surface area contributed by atoms with Crippen molar-refractivity contribution in [2.24, 2.45) is 0 Å². The first kappa shape index (κ1) is 14.1. The number of carbonyl (C=O) groups is 1. The number of nitrogens with zero attached hydrogens (tertiary/aromatic N) is 2. The molecule has 5 heteroatoms. The van der Waals surface area contributed by atoms with Crippen molar-refractivity contribution in [1.82, 2.24) is 10.1 Å². The Morgan fingerprint density at radius 2 is 2.16 bits per heavy atom. The monoisotopic (exact) mass is 266 g/mol. The summed E-state index contributed by atoms with van der Waals surface area (Å²) in [4.78, 5) is 13.8. The number of carbonyl (C=O) groups excluding carboxylic acids is 1. The molecule has 0 aliphatic carbocycles. The number of hydrogen-bond donors (Lipinski definition) is 1. The lowest BCUT2D eigenvalue weighted by Crippen LogP contribution is -2.63. The number of aliphatic hydroxyl groups is 1. The topological polar surface area (TPSA) is 66.6 Å². The van der Waals surface area contributed by atoms with Crippen LogP contribution in [0.2, 0.25) is 0 Å². The van der Waals surface area contributed by atoms with Gasteiger partial charge in [-0.3, -0.25) is 4.79 Å². The highest BCUT2D eigenvalue weighted by atomic mass is 16.5. The Hall–Kier alpha value is -1.36. The van der Waals surface area contributed by atoms with Crippen LogP contribution < -0.4 is 0 Å².